The van der Waals surface area contributed by atoms with E-state index in [9.17, 15) is 29.7 Å². The van der Waals surface area contributed by atoms with Crippen molar-refractivity contribution >= 4 is 29.5 Å². The predicted molar refractivity (Wildman–Crippen MR) is 390 cm³/mol. The number of hydrogen-bond acceptors (Lipinski definition) is 13. The van der Waals surface area contributed by atoms with Gasteiger partial charge >= 0.3 is 47.5 Å². The smallest absolute Gasteiger partial charge is 0.870 e. The number of aliphatic carboxylic acids is 2. The maximum absolute atomic E-state index is 13.5. The van der Waals surface area contributed by atoms with Crippen molar-refractivity contribution in [2.24, 2.45) is 17.8 Å². The van der Waals surface area contributed by atoms with Crippen molar-refractivity contribution in [3.8, 4) is 17.2 Å². The third kappa shape index (κ3) is 15.4. The molecule has 0 radical (unpaired) electrons. The quantitative estimate of drug-likeness (QED) is 0.0316. The van der Waals surface area contributed by atoms with Gasteiger partial charge < -0.3 is 54.0 Å². The van der Waals surface area contributed by atoms with E-state index < -0.39 is 29.7 Å². The summed E-state index contributed by atoms with van der Waals surface area (Å²) >= 11 is 4.96. The standard InChI is InChI=1S/C27H26O5.C25H22O4.C23H18O3.C8H19N.C2H5ClO.Na.H2O/c1-29-15-31-22-14-8-7-13-21(22)25-23-17-9-3-5-11-19(17)24(20-12-6-4-10-18(20)23)26(25)27(28)32-16-30-2;1-28-14-29-20-13-7-6-12-19(20)23-21-15-8-2-4-10-17(15)22(24(23)25(26)27)18-11-5-3-9-16(18)21;24-18-12-6-5-11-17(18)21-19-13-7-1-3-9-15(13)20(22(21)23(25)26)16-10-4-2-8-14(16)19;1-6-9(7(2)3)8(4)5;1-4-2-3;;/h3-14,23-26H,15-16H2,1-2H3;2-13,21-24H,14H2,1H3,(H,26,27);1-12,19-22,24H,(H,25,26);7-8H,6H2,1-5H3;2H2,1H3;;1H2/q;;;;;+1;/p-1. The summed E-state index contributed by atoms with van der Waals surface area (Å²) < 4.78 is 36.9. The normalized spacial score (nSPS) is 21.7. The van der Waals surface area contributed by atoms with Crippen LogP contribution in [0.25, 0.3) is 0 Å². The molecule has 17 heteroatoms. The zero-order valence-electron chi connectivity index (χ0n) is 59.6. The molecule has 9 aromatic rings. The van der Waals surface area contributed by atoms with Gasteiger partial charge in [0.1, 0.15) is 23.3 Å². The predicted octanol–water partition coefficient (Wildman–Crippen LogP) is 13.8. The van der Waals surface area contributed by atoms with Gasteiger partial charge in [0, 0.05) is 93.8 Å². The summed E-state index contributed by atoms with van der Waals surface area (Å²) in [4.78, 5) is 41.0. The van der Waals surface area contributed by atoms with Crippen LogP contribution in [-0.2, 0) is 38.1 Å². The van der Waals surface area contributed by atoms with Gasteiger partial charge in [-0.15, -0.1) is 0 Å². The number of fused-ring (bicyclic) bond motifs is 3. The van der Waals surface area contributed by atoms with Crippen molar-refractivity contribution in [3.05, 3.63) is 302 Å². The molecule has 0 fully saturated rings. The van der Waals surface area contributed by atoms with Crippen LogP contribution in [0.1, 0.15) is 171 Å². The van der Waals surface area contributed by atoms with Crippen LogP contribution in [-0.4, -0.2) is 117 Å². The van der Waals surface area contributed by atoms with E-state index in [1.807, 2.05) is 115 Å². The fourth-order valence-corrected chi connectivity index (χ4v) is 17.4. The first-order valence-electron chi connectivity index (χ1n) is 34.3. The van der Waals surface area contributed by atoms with E-state index in [0.717, 1.165) is 51.2 Å². The number of carbonyl (C=O) groups excluding carboxylic acids is 1. The summed E-state index contributed by atoms with van der Waals surface area (Å²) in [6.07, 6.45) is 0. The Morgan fingerprint density at radius 2 is 0.627 bits per heavy atom. The van der Waals surface area contributed by atoms with Crippen molar-refractivity contribution in [2.75, 3.05) is 61.4 Å². The summed E-state index contributed by atoms with van der Waals surface area (Å²) in [5, 5.41) is 31.0. The molecule has 6 atom stereocenters. The molecule has 102 heavy (non-hydrogen) atoms. The second kappa shape index (κ2) is 35.8. The minimum absolute atomic E-state index is 0. The van der Waals surface area contributed by atoms with Gasteiger partial charge in [0.15, 0.2) is 20.4 Å². The first kappa shape index (κ1) is 78.0. The molecule has 6 bridgehead atoms. The van der Waals surface area contributed by atoms with E-state index in [1.165, 1.54) is 51.6 Å². The molecular formula is C85H91ClNNaO14. The third-order valence-corrected chi connectivity index (χ3v) is 21.0. The Bertz CT molecular complexity index is 4140. The van der Waals surface area contributed by atoms with Crippen LogP contribution >= 0.6 is 11.6 Å². The summed E-state index contributed by atoms with van der Waals surface area (Å²) in [7, 11) is 6.25. The fourth-order valence-electron chi connectivity index (χ4n) is 17.4. The number of rotatable bonds is 18. The first-order chi connectivity index (χ1) is 48.7. The number of esters is 1. The number of carboxylic acid groups (broad SMARTS) is 2. The summed E-state index contributed by atoms with van der Waals surface area (Å²) in [6.45, 7) is 12.5. The van der Waals surface area contributed by atoms with Crippen LogP contribution in [0.5, 0.6) is 17.2 Å². The summed E-state index contributed by atoms with van der Waals surface area (Å²) in [5.74, 6) is -2.99. The van der Waals surface area contributed by atoms with Crippen LogP contribution < -0.4 is 39.0 Å². The van der Waals surface area contributed by atoms with Crippen LogP contribution in [0.4, 0.5) is 0 Å². The number of aromatic hydroxyl groups is 1. The number of para-hydroxylation sites is 3. The van der Waals surface area contributed by atoms with Gasteiger partial charge in [0.2, 0.25) is 0 Å². The molecule has 0 amide bonds. The van der Waals surface area contributed by atoms with E-state index in [0.29, 0.717) is 23.9 Å². The molecule has 18 rings (SSSR count). The summed E-state index contributed by atoms with van der Waals surface area (Å²) in [6, 6.07) is 74.3. The monoisotopic (exact) mass is 1410 g/mol. The van der Waals surface area contributed by atoms with Crippen molar-refractivity contribution < 1.29 is 97.9 Å². The second-order valence-electron chi connectivity index (χ2n) is 26.5. The van der Waals surface area contributed by atoms with Crippen LogP contribution in [0, 0.1) is 17.8 Å². The Hall–Kier alpha value is -8.16. The molecule has 0 saturated carbocycles. The van der Waals surface area contributed by atoms with Gasteiger partial charge in [-0.3, -0.25) is 19.3 Å². The van der Waals surface area contributed by atoms with Crippen molar-refractivity contribution in [1.29, 1.82) is 0 Å². The molecular weight excluding hydrogens is 1320 g/mol. The minimum atomic E-state index is -0.808. The number of methoxy groups -OCH3 is 4. The van der Waals surface area contributed by atoms with Gasteiger partial charge in [-0.05, 0) is 136 Å². The Labute approximate surface area is 626 Å². The number of nitrogens with zero attached hydrogens (tertiary/aromatic N) is 1. The molecule has 9 aromatic carbocycles. The van der Waals surface area contributed by atoms with Crippen LogP contribution in [0.15, 0.2) is 218 Å². The molecule has 0 spiro atoms. The SMILES string of the molecule is CCN(C(C)C)C(C)C.COCCl.COCOC(=O)C1C2c3ccccc3C(c3ccccc32)C1c1ccccc1OCOC.COCOc1ccccc1C1C2c3ccccc3C(c3ccccc32)C1C(=O)O.O=C(O)C1C2c3ccccc3C(c3ccccc32)C1c1ccccc1O.[Na+].[OH-]. The number of carbonyl (C=O) groups is 3. The zero-order chi connectivity index (χ0) is 70.7. The van der Waals surface area contributed by atoms with E-state index in [-0.39, 0.29) is 120 Å². The average molecular weight is 1410 g/mol. The van der Waals surface area contributed by atoms with Crippen molar-refractivity contribution in [3.63, 3.8) is 0 Å². The number of ether oxygens (including phenoxy) is 7. The molecule has 6 unspecified atom stereocenters. The maximum atomic E-state index is 13.5. The fraction of sp³-hybridized carbons (Fsp3) is 0.329. The first-order valence-corrected chi connectivity index (χ1v) is 34.8. The van der Waals surface area contributed by atoms with Gasteiger partial charge in [0.25, 0.3) is 0 Å². The second-order valence-corrected chi connectivity index (χ2v) is 26.7. The Balaban J connectivity index is 0.000000163. The molecule has 4 N–H and O–H groups in total. The third-order valence-electron chi connectivity index (χ3n) is 20.8. The number of phenolic OH excluding ortho intramolecular Hbond substituents is 1. The van der Waals surface area contributed by atoms with Crippen molar-refractivity contribution in [1.82, 2.24) is 4.90 Å². The number of carboxylic acids is 2. The van der Waals surface area contributed by atoms with E-state index >= 15 is 0 Å². The van der Waals surface area contributed by atoms with Gasteiger partial charge in [-0.2, -0.15) is 0 Å². The van der Waals surface area contributed by atoms with Crippen molar-refractivity contribution in [2.45, 2.75) is 100.0 Å². The zero-order valence-corrected chi connectivity index (χ0v) is 62.4. The number of benzene rings is 9. The molecule has 9 aliphatic carbocycles. The van der Waals surface area contributed by atoms with Gasteiger partial charge in [0.05, 0.1) is 17.8 Å². The molecule has 0 heterocycles. The largest absolute Gasteiger partial charge is 1.00 e. The Morgan fingerprint density at radius 1 is 0.382 bits per heavy atom. The number of hydrogen-bond donors (Lipinski definition) is 3. The number of phenols is 1. The minimum Gasteiger partial charge on any atom is -0.870 e. The Kier molecular flexibility index (Phi) is 27.4. The molecule has 0 saturated heterocycles. The Morgan fingerprint density at radius 3 is 0.882 bits per heavy atom. The summed E-state index contributed by atoms with van der Waals surface area (Å²) in [5.41, 5.74) is 16.8. The van der Waals surface area contributed by atoms with Crippen LogP contribution in [0.3, 0.4) is 0 Å². The van der Waals surface area contributed by atoms with Crippen LogP contribution in [0.2, 0.25) is 0 Å². The molecule has 15 nitrogen and oxygen atoms in total. The van der Waals surface area contributed by atoms with Gasteiger partial charge in [-0.25, -0.2) is 0 Å². The molecule has 0 aromatic heterocycles. The van der Waals surface area contributed by atoms with E-state index in [4.69, 9.17) is 40.0 Å². The maximum Gasteiger partial charge on any atom is 1.00 e. The average Bonchev–Trinajstić information content (AvgIpc) is 0.716. The van der Waals surface area contributed by atoms with E-state index in [2.05, 4.69) is 135 Å². The topological polar surface area (TPSA) is 210 Å². The van der Waals surface area contributed by atoms with E-state index in [1.54, 1.807) is 33.5 Å². The number of halogens is 1. The molecule has 0 aliphatic heterocycles. The van der Waals surface area contributed by atoms with Gasteiger partial charge in [-0.1, -0.05) is 219 Å². The number of alkyl halides is 1. The molecule has 9 aliphatic rings. The molecule has 528 valence electrons.